The molecule has 2 N–H and O–H groups in total. The molecule has 1 amide bonds. The van der Waals surface area contributed by atoms with Crippen molar-refractivity contribution in [2.75, 3.05) is 11.9 Å². The first-order valence-electron chi connectivity index (χ1n) is 8.00. The lowest BCUT2D eigenvalue weighted by molar-refractivity contribution is -0.119. The van der Waals surface area contributed by atoms with Crippen molar-refractivity contribution in [1.29, 1.82) is 0 Å². The van der Waals surface area contributed by atoms with E-state index in [1.54, 1.807) is 12.1 Å². The molecule has 0 aliphatic heterocycles. The number of rotatable bonds is 6. The van der Waals surface area contributed by atoms with Gasteiger partial charge in [0, 0.05) is 17.1 Å². The molecule has 4 nitrogen and oxygen atoms in total. The van der Waals surface area contributed by atoms with Crippen LogP contribution >= 0.6 is 23.8 Å². The summed E-state index contributed by atoms with van der Waals surface area (Å²) in [6.45, 7) is 4.44. The fourth-order valence-corrected chi connectivity index (χ4v) is 2.52. The summed E-state index contributed by atoms with van der Waals surface area (Å²) in [6.07, 6.45) is 0.945. The van der Waals surface area contributed by atoms with Crippen LogP contribution in [0.2, 0.25) is 5.02 Å². The summed E-state index contributed by atoms with van der Waals surface area (Å²) in [5, 5.41) is 6.52. The molecule has 0 spiro atoms. The smallest absolute Gasteiger partial charge is 0.226 e. The third-order valence-corrected chi connectivity index (χ3v) is 3.98. The Balaban J connectivity index is 1.70. The van der Waals surface area contributed by atoms with Gasteiger partial charge in [-0.05, 0) is 62.3 Å². The van der Waals surface area contributed by atoms with E-state index in [0.29, 0.717) is 24.5 Å². The molecule has 25 heavy (non-hydrogen) atoms. The van der Waals surface area contributed by atoms with Crippen molar-refractivity contribution in [2.45, 2.75) is 26.7 Å². The molecule has 0 aromatic heterocycles. The minimum Gasteiger partial charge on any atom is -0.494 e. The number of amides is 1. The Bertz CT molecular complexity index is 748. The van der Waals surface area contributed by atoms with Crippen LogP contribution in [-0.4, -0.2) is 17.6 Å². The lowest BCUT2D eigenvalue weighted by Crippen LogP contribution is -2.34. The molecular formula is C19H21ClN2O2S. The minimum atomic E-state index is -0.148. The first kappa shape index (κ1) is 19.2. The van der Waals surface area contributed by atoms with Crippen molar-refractivity contribution in [1.82, 2.24) is 5.32 Å². The van der Waals surface area contributed by atoms with Gasteiger partial charge in [0.05, 0.1) is 6.61 Å². The van der Waals surface area contributed by atoms with Crippen LogP contribution in [0.4, 0.5) is 5.69 Å². The van der Waals surface area contributed by atoms with E-state index in [2.05, 4.69) is 10.6 Å². The number of benzene rings is 2. The third-order valence-electron chi connectivity index (χ3n) is 3.54. The summed E-state index contributed by atoms with van der Waals surface area (Å²) < 4.78 is 5.60. The number of anilines is 1. The Kier molecular flexibility index (Phi) is 7.22. The number of aryl methyl sites for hydroxylation is 2. The van der Waals surface area contributed by atoms with E-state index in [1.807, 2.05) is 44.2 Å². The Hall–Kier alpha value is -2.11. The average Bonchev–Trinajstić information content (AvgIpc) is 2.56. The van der Waals surface area contributed by atoms with Gasteiger partial charge in [0.2, 0.25) is 5.91 Å². The predicted molar refractivity (Wildman–Crippen MR) is 106 cm³/mol. The molecule has 0 aliphatic carbocycles. The molecule has 2 aromatic rings. The van der Waals surface area contributed by atoms with Crippen LogP contribution in [0.15, 0.2) is 42.5 Å². The zero-order chi connectivity index (χ0) is 18.2. The van der Waals surface area contributed by atoms with E-state index < -0.39 is 0 Å². The number of carbonyl (C=O) groups excluding carboxylic acids is 1. The molecule has 6 heteroatoms. The molecule has 2 aromatic carbocycles. The van der Waals surface area contributed by atoms with Gasteiger partial charge >= 0.3 is 0 Å². The number of halogens is 1. The molecule has 0 bridgehead atoms. The second kappa shape index (κ2) is 9.39. The second-order valence-corrected chi connectivity index (χ2v) is 6.57. The fourth-order valence-electron chi connectivity index (χ4n) is 2.13. The summed E-state index contributed by atoms with van der Waals surface area (Å²) in [7, 11) is 0. The first-order chi connectivity index (χ1) is 11.9. The summed E-state index contributed by atoms with van der Waals surface area (Å²) in [4.78, 5) is 11.9. The lowest BCUT2D eigenvalue weighted by atomic mass is 10.2. The van der Waals surface area contributed by atoms with Crippen LogP contribution < -0.4 is 15.4 Å². The second-order valence-electron chi connectivity index (χ2n) is 5.73. The molecule has 2 rings (SSSR count). The maximum atomic E-state index is 11.9. The summed E-state index contributed by atoms with van der Waals surface area (Å²) >= 11 is 11.1. The van der Waals surface area contributed by atoms with Gasteiger partial charge in [-0.15, -0.1) is 0 Å². The van der Waals surface area contributed by atoms with Gasteiger partial charge in [-0.3, -0.25) is 4.79 Å². The lowest BCUT2D eigenvalue weighted by Gasteiger charge is -2.12. The van der Waals surface area contributed by atoms with Crippen LogP contribution in [0, 0.1) is 13.8 Å². The third kappa shape index (κ3) is 6.72. The SMILES string of the molecule is Cc1ccc(OCCCC(=O)NC(=S)Nc2cc(Cl)ccc2C)cc1. The van der Waals surface area contributed by atoms with Gasteiger partial charge in [0.25, 0.3) is 0 Å². The molecule has 0 heterocycles. The van der Waals surface area contributed by atoms with Crippen molar-refractivity contribution in [3.8, 4) is 5.75 Å². The highest BCUT2D eigenvalue weighted by Gasteiger charge is 2.07. The number of thiocarbonyl (C=S) groups is 1. The molecule has 0 atom stereocenters. The van der Waals surface area contributed by atoms with Gasteiger partial charge in [-0.1, -0.05) is 35.4 Å². The van der Waals surface area contributed by atoms with E-state index in [0.717, 1.165) is 17.0 Å². The first-order valence-corrected chi connectivity index (χ1v) is 8.79. The van der Waals surface area contributed by atoms with Gasteiger partial charge in [0.15, 0.2) is 5.11 Å². The summed E-state index contributed by atoms with van der Waals surface area (Å²) in [5.41, 5.74) is 2.95. The highest BCUT2D eigenvalue weighted by atomic mass is 35.5. The van der Waals surface area contributed by atoms with Crippen LogP contribution in [0.1, 0.15) is 24.0 Å². The highest BCUT2D eigenvalue weighted by molar-refractivity contribution is 7.80. The van der Waals surface area contributed by atoms with E-state index in [-0.39, 0.29) is 11.0 Å². The number of carbonyl (C=O) groups is 1. The van der Waals surface area contributed by atoms with Gasteiger partial charge in [0.1, 0.15) is 5.75 Å². The molecule has 0 fully saturated rings. The van der Waals surface area contributed by atoms with Crippen LogP contribution in [0.25, 0.3) is 0 Å². The maximum absolute atomic E-state index is 11.9. The molecule has 0 saturated heterocycles. The van der Waals surface area contributed by atoms with Crippen LogP contribution in [0.3, 0.4) is 0 Å². The van der Waals surface area contributed by atoms with E-state index >= 15 is 0 Å². The van der Waals surface area contributed by atoms with Crippen molar-refractivity contribution in [3.63, 3.8) is 0 Å². The summed E-state index contributed by atoms with van der Waals surface area (Å²) in [5.74, 6) is 0.657. The standard InChI is InChI=1S/C19H21ClN2O2S/c1-13-5-9-16(10-6-13)24-11-3-4-18(23)22-19(25)21-17-12-15(20)8-7-14(17)2/h5-10,12H,3-4,11H2,1-2H3,(H2,21,22,23,25). The number of ether oxygens (including phenoxy) is 1. The van der Waals surface area contributed by atoms with Crippen LogP contribution in [0.5, 0.6) is 5.75 Å². The molecule has 0 unspecified atom stereocenters. The zero-order valence-electron chi connectivity index (χ0n) is 14.3. The topological polar surface area (TPSA) is 50.4 Å². The quantitative estimate of drug-likeness (QED) is 0.570. The largest absolute Gasteiger partial charge is 0.494 e. The van der Waals surface area contributed by atoms with Crippen molar-refractivity contribution < 1.29 is 9.53 Å². The van der Waals surface area contributed by atoms with Gasteiger partial charge < -0.3 is 15.4 Å². The minimum absolute atomic E-state index is 0.148. The monoisotopic (exact) mass is 376 g/mol. The summed E-state index contributed by atoms with van der Waals surface area (Å²) in [6, 6.07) is 13.3. The normalized spacial score (nSPS) is 10.2. The Morgan fingerprint density at radius 1 is 1.16 bits per heavy atom. The van der Waals surface area contributed by atoms with Crippen LogP contribution in [-0.2, 0) is 4.79 Å². The van der Waals surface area contributed by atoms with E-state index in [9.17, 15) is 4.79 Å². The number of nitrogens with one attached hydrogen (secondary N) is 2. The Morgan fingerprint density at radius 3 is 2.60 bits per heavy atom. The highest BCUT2D eigenvalue weighted by Crippen LogP contribution is 2.20. The van der Waals surface area contributed by atoms with Crippen molar-refractivity contribution in [3.05, 3.63) is 58.6 Å². The van der Waals surface area contributed by atoms with Crippen molar-refractivity contribution >= 4 is 40.5 Å². The zero-order valence-corrected chi connectivity index (χ0v) is 15.8. The molecular weight excluding hydrogens is 356 g/mol. The Morgan fingerprint density at radius 2 is 1.88 bits per heavy atom. The maximum Gasteiger partial charge on any atom is 0.226 e. The van der Waals surface area contributed by atoms with E-state index in [4.69, 9.17) is 28.6 Å². The molecule has 0 aliphatic rings. The average molecular weight is 377 g/mol. The number of hydrogen-bond donors (Lipinski definition) is 2. The Labute approximate surface area is 158 Å². The van der Waals surface area contributed by atoms with Gasteiger partial charge in [-0.2, -0.15) is 0 Å². The van der Waals surface area contributed by atoms with Gasteiger partial charge in [-0.25, -0.2) is 0 Å². The van der Waals surface area contributed by atoms with E-state index in [1.165, 1.54) is 5.56 Å². The van der Waals surface area contributed by atoms with Crippen molar-refractivity contribution in [2.24, 2.45) is 0 Å². The predicted octanol–water partition coefficient (Wildman–Crippen LogP) is 4.63. The number of hydrogen-bond acceptors (Lipinski definition) is 3. The molecule has 132 valence electrons. The molecule has 0 radical (unpaired) electrons. The fraction of sp³-hybridized carbons (Fsp3) is 0.263. The molecule has 0 saturated carbocycles.